The molecule has 16 heavy (non-hydrogen) atoms. The fraction of sp³-hybridized carbons (Fsp3) is 0.818. The van der Waals surface area contributed by atoms with Gasteiger partial charge in [0.15, 0.2) is 0 Å². The highest BCUT2D eigenvalue weighted by molar-refractivity contribution is 5.77. The SMILES string of the molecule is CCOC(=O)CCNC(=O)CCNC1CC1. The molecule has 5 heteroatoms. The number of hydrogen-bond acceptors (Lipinski definition) is 4. The van der Waals surface area contributed by atoms with Gasteiger partial charge < -0.3 is 15.4 Å². The second-order valence-electron chi connectivity index (χ2n) is 3.88. The lowest BCUT2D eigenvalue weighted by molar-refractivity contribution is -0.143. The Morgan fingerprint density at radius 1 is 1.25 bits per heavy atom. The lowest BCUT2D eigenvalue weighted by Gasteiger charge is -2.05. The molecule has 0 aliphatic heterocycles. The van der Waals surface area contributed by atoms with E-state index in [4.69, 9.17) is 4.74 Å². The molecule has 0 unspecified atom stereocenters. The molecule has 1 rings (SSSR count). The number of carbonyl (C=O) groups excluding carboxylic acids is 2. The molecule has 1 aliphatic rings. The van der Waals surface area contributed by atoms with Crippen LogP contribution in [-0.4, -0.2) is 37.6 Å². The highest BCUT2D eigenvalue weighted by Gasteiger charge is 2.19. The first-order chi connectivity index (χ1) is 7.72. The van der Waals surface area contributed by atoms with Gasteiger partial charge in [0.05, 0.1) is 13.0 Å². The summed E-state index contributed by atoms with van der Waals surface area (Å²) >= 11 is 0. The summed E-state index contributed by atoms with van der Waals surface area (Å²) in [4.78, 5) is 22.2. The fourth-order valence-corrected chi connectivity index (χ4v) is 1.30. The molecule has 92 valence electrons. The molecule has 1 saturated carbocycles. The summed E-state index contributed by atoms with van der Waals surface area (Å²) in [6.45, 7) is 3.23. The maximum atomic E-state index is 11.3. The molecule has 0 bridgehead atoms. The van der Waals surface area contributed by atoms with Crippen molar-refractivity contribution in [2.75, 3.05) is 19.7 Å². The van der Waals surface area contributed by atoms with Crippen LogP contribution >= 0.6 is 0 Å². The minimum Gasteiger partial charge on any atom is -0.466 e. The highest BCUT2D eigenvalue weighted by atomic mass is 16.5. The van der Waals surface area contributed by atoms with Gasteiger partial charge in [-0.3, -0.25) is 9.59 Å². The van der Waals surface area contributed by atoms with Gasteiger partial charge in [0.25, 0.3) is 0 Å². The maximum absolute atomic E-state index is 11.3. The van der Waals surface area contributed by atoms with Crippen LogP contribution in [0.2, 0.25) is 0 Å². The van der Waals surface area contributed by atoms with Crippen LogP contribution in [0.5, 0.6) is 0 Å². The number of esters is 1. The Kier molecular flexibility index (Phi) is 5.85. The average molecular weight is 228 g/mol. The smallest absolute Gasteiger partial charge is 0.307 e. The van der Waals surface area contributed by atoms with Crippen molar-refractivity contribution in [2.24, 2.45) is 0 Å². The second kappa shape index (κ2) is 7.22. The van der Waals surface area contributed by atoms with Crippen molar-refractivity contribution in [1.29, 1.82) is 0 Å². The van der Waals surface area contributed by atoms with Gasteiger partial charge in [0, 0.05) is 25.6 Å². The van der Waals surface area contributed by atoms with Crippen LogP contribution in [0.3, 0.4) is 0 Å². The molecule has 0 saturated heterocycles. The van der Waals surface area contributed by atoms with Crippen molar-refractivity contribution >= 4 is 11.9 Å². The van der Waals surface area contributed by atoms with Crippen LogP contribution in [0.4, 0.5) is 0 Å². The normalized spacial score (nSPS) is 14.6. The van der Waals surface area contributed by atoms with Crippen molar-refractivity contribution in [1.82, 2.24) is 10.6 Å². The van der Waals surface area contributed by atoms with Gasteiger partial charge in [0.1, 0.15) is 0 Å². The van der Waals surface area contributed by atoms with Crippen LogP contribution in [0, 0.1) is 0 Å². The van der Waals surface area contributed by atoms with Crippen LogP contribution < -0.4 is 10.6 Å². The van der Waals surface area contributed by atoms with Gasteiger partial charge in [-0.05, 0) is 19.8 Å². The maximum Gasteiger partial charge on any atom is 0.307 e. The Morgan fingerprint density at radius 3 is 2.62 bits per heavy atom. The summed E-state index contributed by atoms with van der Waals surface area (Å²) in [7, 11) is 0. The molecule has 0 atom stereocenters. The summed E-state index contributed by atoms with van der Waals surface area (Å²) in [5.74, 6) is -0.281. The average Bonchev–Trinajstić information content (AvgIpc) is 3.02. The van der Waals surface area contributed by atoms with Crippen LogP contribution in [-0.2, 0) is 14.3 Å². The van der Waals surface area contributed by atoms with Gasteiger partial charge >= 0.3 is 5.97 Å². The van der Waals surface area contributed by atoms with E-state index in [1.54, 1.807) is 6.92 Å². The van der Waals surface area contributed by atoms with E-state index in [1.165, 1.54) is 12.8 Å². The Bertz CT molecular complexity index is 239. The van der Waals surface area contributed by atoms with Crippen molar-refractivity contribution in [3.05, 3.63) is 0 Å². The monoisotopic (exact) mass is 228 g/mol. The molecular weight excluding hydrogens is 208 g/mol. The molecule has 2 N–H and O–H groups in total. The van der Waals surface area contributed by atoms with E-state index in [0.717, 1.165) is 6.54 Å². The highest BCUT2D eigenvalue weighted by Crippen LogP contribution is 2.18. The van der Waals surface area contributed by atoms with Gasteiger partial charge in [-0.25, -0.2) is 0 Å². The number of hydrogen-bond donors (Lipinski definition) is 2. The molecule has 0 heterocycles. The third-order valence-corrected chi connectivity index (χ3v) is 2.32. The fourth-order valence-electron chi connectivity index (χ4n) is 1.30. The van der Waals surface area contributed by atoms with E-state index in [1.807, 2.05) is 0 Å². The van der Waals surface area contributed by atoms with E-state index in [2.05, 4.69) is 10.6 Å². The largest absolute Gasteiger partial charge is 0.466 e. The number of rotatable bonds is 8. The molecule has 5 nitrogen and oxygen atoms in total. The molecular formula is C11H20N2O3. The quantitative estimate of drug-likeness (QED) is 0.582. The third-order valence-electron chi connectivity index (χ3n) is 2.32. The summed E-state index contributed by atoms with van der Waals surface area (Å²) in [5, 5.41) is 5.94. The van der Waals surface area contributed by atoms with Crippen molar-refractivity contribution in [2.45, 2.75) is 38.6 Å². The first-order valence-corrected chi connectivity index (χ1v) is 5.88. The number of amides is 1. The first-order valence-electron chi connectivity index (χ1n) is 5.88. The predicted octanol–water partition coefficient (Wildman–Crippen LogP) is 0.198. The Labute approximate surface area is 95.9 Å². The van der Waals surface area contributed by atoms with Crippen LogP contribution in [0.1, 0.15) is 32.6 Å². The minimum absolute atomic E-state index is 0.0163. The Morgan fingerprint density at radius 2 is 2.00 bits per heavy atom. The molecule has 1 aliphatic carbocycles. The number of carbonyl (C=O) groups is 2. The Hall–Kier alpha value is -1.10. The van der Waals surface area contributed by atoms with Gasteiger partial charge in [-0.1, -0.05) is 0 Å². The lowest BCUT2D eigenvalue weighted by Crippen LogP contribution is -2.30. The summed E-state index contributed by atoms with van der Waals surface area (Å²) in [6, 6.07) is 0.632. The van der Waals surface area contributed by atoms with E-state index in [9.17, 15) is 9.59 Å². The Balaban J connectivity index is 1.90. The lowest BCUT2D eigenvalue weighted by atomic mass is 10.3. The van der Waals surface area contributed by atoms with E-state index >= 15 is 0 Å². The minimum atomic E-state index is -0.265. The van der Waals surface area contributed by atoms with Crippen molar-refractivity contribution < 1.29 is 14.3 Å². The topological polar surface area (TPSA) is 67.4 Å². The summed E-state index contributed by atoms with van der Waals surface area (Å²) in [6.07, 6.45) is 3.17. The number of nitrogens with one attached hydrogen (secondary N) is 2. The zero-order valence-corrected chi connectivity index (χ0v) is 9.75. The standard InChI is InChI=1S/C11H20N2O3/c1-2-16-11(15)6-8-13-10(14)5-7-12-9-3-4-9/h9,12H,2-8H2,1H3,(H,13,14). The summed E-state index contributed by atoms with van der Waals surface area (Å²) < 4.78 is 4.74. The molecule has 0 aromatic carbocycles. The zero-order valence-electron chi connectivity index (χ0n) is 9.75. The van der Waals surface area contributed by atoms with Gasteiger partial charge in [-0.2, -0.15) is 0 Å². The van der Waals surface area contributed by atoms with E-state index in [0.29, 0.717) is 25.6 Å². The van der Waals surface area contributed by atoms with Gasteiger partial charge in [-0.15, -0.1) is 0 Å². The predicted molar refractivity (Wildman–Crippen MR) is 59.9 cm³/mol. The van der Waals surface area contributed by atoms with Crippen molar-refractivity contribution in [3.8, 4) is 0 Å². The molecule has 0 aromatic heterocycles. The molecule has 0 spiro atoms. The van der Waals surface area contributed by atoms with Gasteiger partial charge in [0.2, 0.25) is 5.91 Å². The molecule has 0 aromatic rings. The third kappa shape index (κ3) is 6.40. The number of ether oxygens (including phenoxy) is 1. The van der Waals surface area contributed by atoms with E-state index < -0.39 is 0 Å². The molecule has 1 amide bonds. The van der Waals surface area contributed by atoms with Crippen LogP contribution in [0.25, 0.3) is 0 Å². The van der Waals surface area contributed by atoms with E-state index in [-0.39, 0.29) is 18.3 Å². The van der Waals surface area contributed by atoms with Crippen molar-refractivity contribution in [3.63, 3.8) is 0 Å². The zero-order chi connectivity index (χ0) is 11.8. The summed E-state index contributed by atoms with van der Waals surface area (Å²) in [5.41, 5.74) is 0. The molecule has 1 fully saturated rings. The first kappa shape index (κ1) is 13.0. The second-order valence-corrected chi connectivity index (χ2v) is 3.88. The molecule has 0 radical (unpaired) electrons. The van der Waals surface area contributed by atoms with Crippen LogP contribution in [0.15, 0.2) is 0 Å².